The second-order valence-electron chi connectivity index (χ2n) is 16.2. The van der Waals surface area contributed by atoms with Gasteiger partial charge in [0.15, 0.2) is 0 Å². The maximum absolute atomic E-state index is 14.4. The van der Waals surface area contributed by atoms with Crippen LogP contribution in [-0.4, -0.2) is 9.13 Å². The summed E-state index contributed by atoms with van der Waals surface area (Å²) in [6.45, 7) is 8.37. The smallest absolute Gasteiger partial charge is 0.307 e. The van der Waals surface area contributed by atoms with Crippen molar-refractivity contribution in [2.75, 3.05) is 0 Å². The summed E-state index contributed by atoms with van der Waals surface area (Å²) >= 11 is 0. The fourth-order valence-corrected chi connectivity index (χ4v) is 9.35. The Balaban J connectivity index is 1.37. The van der Waals surface area contributed by atoms with Crippen LogP contribution in [-0.2, 0) is 6.18 Å². The van der Waals surface area contributed by atoms with E-state index >= 15 is 0 Å². The number of aromatic nitrogens is 2. The third kappa shape index (κ3) is 6.21. The Labute approximate surface area is 356 Å². The molecule has 0 amide bonds. The summed E-state index contributed by atoms with van der Waals surface area (Å²) in [6, 6.07) is 53.2. The molecule has 0 atom stereocenters. The van der Waals surface area contributed by atoms with E-state index in [1.54, 1.807) is 6.07 Å². The summed E-state index contributed by atoms with van der Waals surface area (Å²) in [4.78, 5) is 0. The summed E-state index contributed by atoms with van der Waals surface area (Å²) in [7, 11) is 0. The number of hydrogen-bond acceptors (Lipinski definition) is 2. The van der Waals surface area contributed by atoms with E-state index < -0.39 is 11.7 Å². The molecule has 0 saturated carbocycles. The van der Waals surface area contributed by atoms with Gasteiger partial charge in [-0.2, -0.15) is 23.7 Å². The van der Waals surface area contributed by atoms with Crippen LogP contribution in [0.25, 0.3) is 88.4 Å². The molecule has 0 aliphatic carbocycles. The topological polar surface area (TPSA) is 57.4 Å². The standard InChI is InChI=1S/C55H37F3N4/c1-32-13-17-42(34(3)21-32)37-15-19-46-44-9-5-7-11-49(44)61(51(46)26-37)53-28-40(31-60)48(39-23-36(30-59)24-41(25-39)55(56,57)58)29-54(53)62-50-12-8-6-10-45(50)47-20-16-38(27-52(47)62)43-18-14-33(2)22-35(43)4/h5-29H,1-4H3. The number of fused-ring (bicyclic) bond motifs is 6. The van der Waals surface area contributed by atoms with Crippen LogP contribution in [0, 0.1) is 50.4 Å². The third-order valence-corrected chi connectivity index (χ3v) is 12.2. The maximum atomic E-state index is 14.4. The zero-order valence-electron chi connectivity index (χ0n) is 34.4. The van der Waals surface area contributed by atoms with Crippen molar-refractivity contribution in [1.82, 2.24) is 9.13 Å². The van der Waals surface area contributed by atoms with Crippen molar-refractivity contribution in [1.29, 1.82) is 10.5 Å². The highest BCUT2D eigenvalue weighted by Crippen LogP contribution is 2.44. The molecule has 0 bridgehead atoms. The van der Waals surface area contributed by atoms with Crippen LogP contribution < -0.4 is 0 Å². The fourth-order valence-electron chi connectivity index (χ4n) is 9.35. The number of para-hydroxylation sites is 2. The Kier molecular flexibility index (Phi) is 8.91. The van der Waals surface area contributed by atoms with Gasteiger partial charge in [0.2, 0.25) is 0 Å². The fraction of sp³-hybridized carbons (Fsp3) is 0.0909. The summed E-state index contributed by atoms with van der Waals surface area (Å²) in [6.07, 6.45) is -4.72. The third-order valence-electron chi connectivity index (χ3n) is 12.2. The van der Waals surface area contributed by atoms with Crippen LogP contribution in [0.5, 0.6) is 0 Å². The number of rotatable bonds is 5. The van der Waals surface area contributed by atoms with Crippen LogP contribution in [0.1, 0.15) is 38.9 Å². The molecular formula is C55H37F3N4. The lowest BCUT2D eigenvalue weighted by molar-refractivity contribution is -0.137. The Morgan fingerprint density at radius 2 is 0.935 bits per heavy atom. The van der Waals surface area contributed by atoms with Crippen molar-refractivity contribution < 1.29 is 13.2 Å². The minimum Gasteiger partial charge on any atom is -0.307 e. The maximum Gasteiger partial charge on any atom is 0.416 e. The molecule has 0 spiro atoms. The predicted molar refractivity (Wildman–Crippen MR) is 245 cm³/mol. The number of benzene rings is 8. The van der Waals surface area contributed by atoms with E-state index in [1.807, 2.05) is 36.4 Å². The van der Waals surface area contributed by atoms with Gasteiger partial charge in [-0.3, -0.25) is 0 Å². The Bertz CT molecular complexity index is 3590. The molecule has 7 heteroatoms. The average molecular weight is 811 g/mol. The molecule has 0 unspecified atom stereocenters. The number of nitriles is 2. The highest BCUT2D eigenvalue weighted by molar-refractivity contribution is 6.13. The number of nitrogens with zero attached hydrogens (tertiary/aromatic N) is 4. The van der Waals surface area contributed by atoms with Crippen molar-refractivity contribution in [3.8, 4) is 56.9 Å². The molecule has 10 aromatic rings. The normalized spacial score (nSPS) is 11.8. The molecule has 62 heavy (non-hydrogen) atoms. The van der Waals surface area contributed by atoms with Gasteiger partial charge in [-0.25, -0.2) is 0 Å². The van der Waals surface area contributed by atoms with E-state index in [0.717, 1.165) is 94.7 Å². The van der Waals surface area contributed by atoms with Gasteiger partial charge in [-0.1, -0.05) is 108 Å². The quantitative estimate of drug-likeness (QED) is 0.174. The zero-order valence-corrected chi connectivity index (χ0v) is 34.4. The average Bonchev–Trinajstić information content (AvgIpc) is 3.77. The second kappa shape index (κ2) is 14.4. The van der Waals surface area contributed by atoms with Crippen LogP contribution in [0.4, 0.5) is 13.2 Å². The lowest BCUT2D eigenvalue weighted by Gasteiger charge is -2.20. The first-order chi connectivity index (χ1) is 29.9. The van der Waals surface area contributed by atoms with Gasteiger partial charge in [0.1, 0.15) is 0 Å². The van der Waals surface area contributed by atoms with E-state index in [2.05, 4.69) is 140 Å². The van der Waals surface area contributed by atoms with Gasteiger partial charge < -0.3 is 9.13 Å². The van der Waals surface area contributed by atoms with Gasteiger partial charge in [-0.05, 0) is 121 Å². The predicted octanol–water partition coefficient (Wildman–Crippen LogP) is 14.9. The van der Waals surface area contributed by atoms with Crippen molar-refractivity contribution in [3.63, 3.8) is 0 Å². The van der Waals surface area contributed by atoms with Crippen LogP contribution in [0.2, 0.25) is 0 Å². The largest absolute Gasteiger partial charge is 0.416 e. The molecule has 0 aliphatic rings. The first-order valence-corrected chi connectivity index (χ1v) is 20.3. The molecule has 0 N–H and O–H groups in total. The zero-order chi connectivity index (χ0) is 43.0. The first kappa shape index (κ1) is 38.3. The molecule has 0 fully saturated rings. The molecule has 4 nitrogen and oxygen atoms in total. The van der Waals surface area contributed by atoms with E-state index in [1.165, 1.54) is 11.6 Å². The Hall–Kier alpha value is -7.87. The van der Waals surface area contributed by atoms with Gasteiger partial charge in [0, 0.05) is 27.1 Å². The van der Waals surface area contributed by atoms with Gasteiger partial charge >= 0.3 is 6.18 Å². The monoisotopic (exact) mass is 810 g/mol. The van der Waals surface area contributed by atoms with Gasteiger partial charge in [0.05, 0.1) is 62.3 Å². The minimum absolute atomic E-state index is 0.122. The van der Waals surface area contributed by atoms with Crippen LogP contribution in [0.3, 0.4) is 0 Å². The summed E-state index contributed by atoms with van der Waals surface area (Å²) in [5.41, 5.74) is 13.2. The molecule has 0 aliphatic heterocycles. The SMILES string of the molecule is Cc1ccc(-c2ccc3c4ccccc4n(-c4cc(C#N)c(-c5cc(C#N)cc(C(F)(F)F)c5)cc4-n4c5ccccc5c5ccc(-c6ccc(C)cc6C)cc54)c3c2)c(C)c1. The molecular weight excluding hydrogens is 774 g/mol. The number of halogens is 3. The molecule has 0 radical (unpaired) electrons. The highest BCUT2D eigenvalue weighted by atomic mass is 19.4. The molecule has 0 saturated heterocycles. The van der Waals surface area contributed by atoms with Gasteiger partial charge in [0.25, 0.3) is 0 Å². The summed E-state index contributed by atoms with van der Waals surface area (Å²) in [5.74, 6) is 0. The summed E-state index contributed by atoms with van der Waals surface area (Å²) in [5, 5.41) is 24.9. The van der Waals surface area contributed by atoms with Gasteiger partial charge in [-0.15, -0.1) is 0 Å². The van der Waals surface area contributed by atoms with Crippen molar-refractivity contribution in [2.45, 2.75) is 33.9 Å². The molecule has 2 aromatic heterocycles. The lowest BCUT2D eigenvalue weighted by atomic mass is 9.94. The number of alkyl halides is 3. The van der Waals surface area contributed by atoms with E-state index in [-0.39, 0.29) is 22.3 Å². The number of hydrogen-bond donors (Lipinski definition) is 0. The van der Waals surface area contributed by atoms with E-state index in [0.29, 0.717) is 11.4 Å². The first-order valence-electron chi connectivity index (χ1n) is 20.3. The molecule has 2 heterocycles. The summed E-state index contributed by atoms with van der Waals surface area (Å²) < 4.78 is 47.6. The van der Waals surface area contributed by atoms with Crippen molar-refractivity contribution in [2.24, 2.45) is 0 Å². The van der Waals surface area contributed by atoms with Crippen molar-refractivity contribution in [3.05, 3.63) is 191 Å². The molecule has 10 rings (SSSR count). The van der Waals surface area contributed by atoms with Crippen LogP contribution >= 0.6 is 0 Å². The lowest BCUT2D eigenvalue weighted by Crippen LogP contribution is -2.07. The van der Waals surface area contributed by atoms with E-state index in [9.17, 15) is 23.7 Å². The second-order valence-corrected chi connectivity index (χ2v) is 16.2. The molecule has 8 aromatic carbocycles. The number of aryl methyl sites for hydroxylation is 4. The Morgan fingerprint density at radius 3 is 1.42 bits per heavy atom. The van der Waals surface area contributed by atoms with E-state index in [4.69, 9.17) is 0 Å². The Morgan fingerprint density at radius 1 is 0.435 bits per heavy atom. The molecule has 298 valence electrons. The van der Waals surface area contributed by atoms with Crippen LogP contribution in [0.15, 0.2) is 152 Å². The minimum atomic E-state index is -4.72. The highest BCUT2D eigenvalue weighted by Gasteiger charge is 2.32. The van der Waals surface area contributed by atoms with Crippen molar-refractivity contribution >= 4 is 43.6 Å².